The van der Waals surface area contributed by atoms with E-state index in [-0.39, 0.29) is 0 Å². The molecule has 0 aromatic rings. The summed E-state index contributed by atoms with van der Waals surface area (Å²) < 4.78 is 0. The molecule has 2 aliphatic rings. The number of nitrogens with zero attached hydrogens (tertiary/aromatic N) is 1. The topological polar surface area (TPSA) is 29.4 Å². The van der Waals surface area contributed by atoms with Crippen LogP contribution in [0.25, 0.3) is 0 Å². The van der Waals surface area contributed by atoms with Crippen molar-refractivity contribution in [2.45, 2.75) is 44.9 Å². The van der Waals surface area contributed by atoms with Crippen molar-refractivity contribution in [2.24, 2.45) is 17.0 Å². The van der Waals surface area contributed by atoms with E-state index in [1.54, 1.807) is 5.57 Å². The van der Waals surface area contributed by atoms with Crippen LogP contribution in [0.5, 0.6) is 0 Å². The Morgan fingerprint density at radius 1 is 1.36 bits per heavy atom. The summed E-state index contributed by atoms with van der Waals surface area (Å²) in [6.45, 7) is 0.492. The minimum absolute atomic E-state index is 0.492. The second kappa shape index (κ2) is 4.72. The lowest BCUT2D eigenvalue weighted by molar-refractivity contribution is 0.398. The normalized spacial score (nSPS) is 31.0. The molecule has 0 amide bonds. The summed E-state index contributed by atoms with van der Waals surface area (Å²) >= 11 is 0. The highest BCUT2D eigenvalue weighted by Gasteiger charge is 2.28. The van der Waals surface area contributed by atoms with Crippen LogP contribution in [0.2, 0.25) is 0 Å². The molecule has 2 nitrogen and oxygen atoms in total. The molecule has 0 N–H and O–H groups in total. The van der Waals surface area contributed by atoms with E-state index in [0.717, 1.165) is 24.7 Å². The summed E-state index contributed by atoms with van der Waals surface area (Å²) in [4.78, 5) is 9.96. The summed E-state index contributed by atoms with van der Waals surface area (Å²) in [5.74, 6) is 1.87. The Labute approximate surface area is 85.7 Å². The monoisotopic (exact) mass is 193 g/mol. The minimum atomic E-state index is 0.492. The van der Waals surface area contributed by atoms with Gasteiger partial charge in [-0.1, -0.05) is 23.2 Å². The second-order valence-corrected chi connectivity index (χ2v) is 4.67. The molecule has 2 unspecified atom stereocenters. The van der Waals surface area contributed by atoms with Gasteiger partial charge in [0.15, 0.2) is 0 Å². The third-order valence-corrected chi connectivity index (χ3v) is 3.75. The maximum absolute atomic E-state index is 9.96. The smallest absolute Gasteiger partial charge is 0.0814 e. The quantitative estimate of drug-likeness (QED) is 0.380. The SMILES string of the molecule is O=NCCCC1=CC2CCCC2CC1. The molecule has 2 atom stereocenters. The zero-order chi connectivity index (χ0) is 9.80. The van der Waals surface area contributed by atoms with Gasteiger partial charge in [0.1, 0.15) is 0 Å². The van der Waals surface area contributed by atoms with Crippen LogP contribution in [0.1, 0.15) is 44.9 Å². The average Bonchev–Trinajstić information content (AvgIpc) is 2.65. The summed E-state index contributed by atoms with van der Waals surface area (Å²) in [5.41, 5.74) is 1.59. The summed E-state index contributed by atoms with van der Waals surface area (Å²) in [7, 11) is 0. The van der Waals surface area contributed by atoms with Crippen LogP contribution in [0.15, 0.2) is 16.8 Å². The standard InChI is InChI=1S/C12H19NO/c14-13-8-2-3-10-6-7-11-4-1-5-12(11)9-10/h9,11-12H,1-8H2. The Morgan fingerprint density at radius 3 is 3.14 bits per heavy atom. The van der Waals surface area contributed by atoms with Crippen molar-refractivity contribution in [3.05, 3.63) is 16.6 Å². The fraction of sp³-hybridized carbons (Fsp3) is 0.833. The molecule has 0 aliphatic heterocycles. The van der Waals surface area contributed by atoms with Crippen molar-refractivity contribution >= 4 is 0 Å². The molecule has 2 heteroatoms. The maximum Gasteiger partial charge on any atom is 0.0814 e. The van der Waals surface area contributed by atoms with E-state index in [9.17, 15) is 4.91 Å². The molecule has 0 aromatic carbocycles. The van der Waals surface area contributed by atoms with Crippen LogP contribution in [0.3, 0.4) is 0 Å². The first-order valence-corrected chi connectivity index (χ1v) is 5.89. The predicted molar refractivity (Wildman–Crippen MR) is 58.0 cm³/mol. The molecule has 0 heterocycles. The van der Waals surface area contributed by atoms with E-state index >= 15 is 0 Å². The van der Waals surface area contributed by atoms with Crippen molar-refractivity contribution in [1.82, 2.24) is 0 Å². The number of allylic oxidation sites excluding steroid dienone is 2. The van der Waals surface area contributed by atoms with Crippen molar-refractivity contribution in [1.29, 1.82) is 0 Å². The molecule has 0 aromatic heterocycles. The lowest BCUT2D eigenvalue weighted by Crippen LogP contribution is -2.11. The Hall–Kier alpha value is -0.660. The average molecular weight is 193 g/mol. The van der Waals surface area contributed by atoms with Crippen LogP contribution < -0.4 is 0 Å². The van der Waals surface area contributed by atoms with Gasteiger partial charge in [0.05, 0.1) is 6.54 Å². The first-order valence-electron chi connectivity index (χ1n) is 5.89. The summed E-state index contributed by atoms with van der Waals surface area (Å²) in [6, 6.07) is 0. The third-order valence-electron chi connectivity index (χ3n) is 3.75. The largest absolute Gasteiger partial charge is 0.151 e. The highest BCUT2D eigenvalue weighted by Crippen LogP contribution is 2.41. The third kappa shape index (κ3) is 2.23. The highest BCUT2D eigenvalue weighted by molar-refractivity contribution is 5.11. The molecule has 2 rings (SSSR count). The van der Waals surface area contributed by atoms with Gasteiger partial charge in [-0.05, 0) is 50.4 Å². The van der Waals surface area contributed by atoms with Gasteiger partial charge in [-0.2, -0.15) is 4.91 Å². The van der Waals surface area contributed by atoms with E-state index in [1.807, 2.05) is 0 Å². The van der Waals surface area contributed by atoms with Crippen LogP contribution in [-0.2, 0) is 0 Å². The zero-order valence-corrected chi connectivity index (χ0v) is 8.74. The van der Waals surface area contributed by atoms with E-state index in [4.69, 9.17) is 0 Å². The van der Waals surface area contributed by atoms with Crippen molar-refractivity contribution < 1.29 is 0 Å². The van der Waals surface area contributed by atoms with Crippen LogP contribution >= 0.6 is 0 Å². The summed E-state index contributed by atoms with van der Waals surface area (Å²) in [6.07, 6.45) is 11.5. The van der Waals surface area contributed by atoms with Gasteiger partial charge in [0.25, 0.3) is 0 Å². The second-order valence-electron chi connectivity index (χ2n) is 4.67. The van der Waals surface area contributed by atoms with Crippen LogP contribution in [0.4, 0.5) is 0 Å². The first kappa shape index (κ1) is 9.88. The number of hydrogen-bond donors (Lipinski definition) is 0. The number of rotatable bonds is 4. The van der Waals surface area contributed by atoms with Crippen molar-refractivity contribution in [3.63, 3.8) is 0 Å². The first-order chi connectivity index (χ1) is 6.90. The van der Waals surface area contributed by atoms with E-state index in [2.05, 4.69) is 11.3 Å². The van der Waals surface area contributed by atoms with Gasteiger partial charge in [-0.25, -0.2) is 0 Å². The highest BCUT2D eigenvalue weighted by atomic mass is 16.3. The lowest BCUT2D eigenvalue weighted by Gasteiger charge is -2.24. The molecule has 0 saturated heterocycles. The number of hydrogen-bond acceptors (Lipinski definition) is 2. The summed E-state index contributed by atoms with van der Waals surface area (Å²) in [5, 5.41) is 2.91. The van der Waals surface area contributed by atoms with E-state index in [0.29, 0.717) is 6.54 Å². The fourth-order valence-corrected chi connectivity index (χ4v) is 2.98. The number of fused-ring (bicyclic) bond motifs is 1. The van der Waals surface area contributed by atoms with Gasteiger partial charge in [0, 0.05) is 0 Å². The molecule has 78 valence electrons. The molecule has 2 aliphatic carbocycles. The minimum Gasteiger partial charge on any atom is -0.151 e. The van der Waals surface area contributed by atoms with Gasteiger partial charge >= 0.3 is 0 Å². The van der Waals surface area contributed by atoms with Crippen molar-refractivity contribution in [3.8, 4) is 0 Å². The van der Waals surface area contributed by atoms with E-state index < -0.39 is 0 Å². The Kier molecular flexibility index (Phi) is 3.33. The molecular formula is C12H19NO. The van der Waals surface area contributed by atoms with Crippen LogP contribution in [-0.4, -0.2) is 6.54 Å². The van der Waals surface area contributed by atoms with Gasteiger partial charge in [0.2, 0.25) is 0 Å². The predicted octanol–water partition coefficient (Wildman–Crippen LogP) is 3.67. The molecule has 0 spiro atoms. The van der Waals surface area contributed by atoms with Crippen molar-refractivity contribution in [2.75, 3.05) is 6.54 Å². The van der Waals surface area contributed by atoms with Gasteiger partial charge < -0.3 is 0 Å². The fourth-order valence-electron chi connectivity index (χ4n) is 2.98. The molecule has 0 bridgehead atoms. The molecule has 1 saturated carbocycles. The Balaban J connectivity index is 1.84. The zero-order valence-electron chi connectivity index (χ0n) is 8.74. The molecule has 1 fully saturated rings. The Bertz CT molecular complexity index is 234. The Morgan fingerprint density at radius 2 is 2.29 bits per heavy atom. The molecule has 0 radical (unpaired) electrons. The molecule has 14 heavy (non-hydrogen) atoms. The van der Waals surface area contributed by atoms with E-state index in [1.165, 1.54) is 32.1 Å². The lowest BCUT2D eigenvalue weighted by atomic mass is 9.82. The van der Waals surface area contributed by atoms with Gasteiger partial charge in [-0.3, -0.25) is 0 Å². The molecular weight excluding hydrogens is 174 g/mol. The van der Waals surface area contributed by atoms with Crippen LogP contribution in [0, 0.1) is 16.7 Å². The van der Waals surface area contributed by atoms with Gasteiger partial charge in [-0.15, -0.1) is 0 Å². The number of nitroso groups, excluding NO2 is 1. The maximum atomic E-state index is 9.96.